The molecule has 2 aromatic carbocycles. The summed E-state index contributed by atoms with van der Waals surface area (Å²) in [6, 6.07) is 18.2. The first kappa shape index (κ1) is 13.5. The molecule has 3 aromatic rings. The first-order valence-electron chi connectivity index (χ1n) is 6.42. The fraction of sp³-hybridized carbons (Fsp3) is 0.0667. The van der Waals surface area contributed by atoms with E-state index in [-0.39, 0.29) is 0 Å². The molecular formula is C15H14N4OS. The second kappa shape index (κ2) is 6.34. The molecule has 0 aliphatic carbocycles. The van der Waals surface area contributed by atoms with Crippen LogP contribution in [0.3, 0.4) is 0 Å². The van der Waals surface area contributed by atoms with Crippen LogP contribution in [0, 0.1) is 0 Å². The average Bonchev–Trinajstić information content (AvgIpc) is 3.02. The van der Waals surface area contributed by atoms with Gasteiger partial charge in [-0.3, -0.25) is 5.43 Å². The van der Waals surface area contributed by atoms with Crippen LogP contribution in [0.15, 0.2) is 54.6 Å². The maximum atomic E-state index is 5.68. The number of hydrogen-bond acceptors (Lipinski definition) is 6. The summed E-state index contributed by atoms with van der Waals surface area (Å²) in [6.07, 6.45) is 0. The number of benzene rings is 2. The number of nitrogen functional groups attached to an aromatic ring is 1. The summed E-state index contributed by atoms with van der Waals surface area (Å²) in [6.45, 7) is 0.379. The van der Waals surface area contributed by atoms with Gasteiger partial charge in [-0.05, 0) is 23.3 Å². The SMILES string of the molecule is NNc1nnc(COc2ccc(-c3ccccc3)cc2)s1. The van der Waals surface area contributed by atoms with E-state index in [9.17, 15) is 0 Å². The van der Waals surface area contributed by atoms with E-state index >= 15 is 0 Å². The van der Waals surface area contributed by atoms with Gasteiger partial charge in [0, 0.05) is 0 Å². The molecule has 3 N–H and O–H groups in total. The Bertz CT molecular complexity index is 697. The van der Waals surface area contributed by atoms with Crippen LogP contribution in [-0.2, 0) is 6.61 Å². The highest BCUT2D eigenvalue weighted by Gasteiger charge is 2.04. The fourth-order valence-corrected chi connectivity index (χ4v) is 2.45. The predicted octanol–water partition coefficient (Wildman–Crippen LogP) is 3.07. The Morgan fingerprint density at radius 3 is 2.33 bits per heavy atom. The zero-order valence-corrected chi connectivity index (χ0v) is 12.0. The van der Waals surface area contributed by atoms with Gasteiger partial charge in [0.1, 0.15) is 12.4 Å². The molecule has 0 unspecified atom stereocenters. The summed E-state index contributed by atoms with van der Waals surface area (Å²) in [7, 11) is 0. The lowest BCUT2D eigenvalue weighted by molar-refractivity contribution is 0.304. The number of anilines is 1. The molecule has 6 heteroatoms. The van der Waals surface area contributed by atoms with Crippen LogP contribution in [0.2, 0.25) is 0 Å². The Balaban J connectivity index is 1.64. The van der Waals surface area contributed by atoms with Gasteiger partial charge in [0.05, 0.1) is 0 Å². The summed E-state index contributed by atoms with van der Waals surface area (Å²) >= 11 is 1.37. The second-order valence-corrected chi connectivity index (χ2v) is 5.39. The van der Waals surface area contributed by atoms with Gasteiger partial charge in [-0.2, -0.15) is 0 Å². The lowest BCUT2D eigenvalue weighted by atomic mass is 10.1. The fourth-order valence-electron chi connectivity index (χ4n) is 1.89. The molecule has 0 spiro atoms. The maximum absolute atomic E-state index is 5.68. The van der Waals surface area contributed by atoms with Crippen molar-refractivity contribution < 1.29 is 4.74 Å². The van der Waals surface area contributed by atoms with Gasteiger partial charge in [0.2, 0.25) is 5.13 Å². The first-order chi connectivity index (χ1) is 10.3. The summed E-state index contributed by atoms with van der Waals surface area (Å²) in [5.41, 5.74) is 4.81. The van der Waals surface area contributed by atoms with Gasteiger partial charge in [-0.1, -0.05) is 53.8 Å². The quantitative estimate of drug-likeness (QED) is 0.559. The van der Waals surface area contributed by atoms with Crippen molar-refractivity contribution in [3.63, 3.8) is 0 Å². The van der Waals surface area contributed by atoms with Crippen molar-refractivity contribution in [3.8, 4) is 16.9 Å². The highest BCUT2D eigenvalue weighted by Crippen LogP contribution is 2.23. The van der Waals surface area contributed by atoms with Crippen molar-refractivity contribution in [1.29, 1.82) is 0 Å². The van der Waals surface area contributed by atoms with Gasteiger partial charge in [-0.25, -0.2) is 5.84 Å². The zero-order chi connectivity index (χ0) is 14.5. The molecule has 3 rings (SSSR count). The number of nitrogens with zero attached hydrogens (tertiary/aromatic N) is 2. The van der Waals surface area contributed by atoms with Crippen molar-refractivity contribution in [2.24, 2.45) is 5.84 Å². The lowest BCUT2D eigenvalue weighted by Gasteiger charge is -2.05. The number of hydrazine groups is 1. The number of nitrogens with one attached hydrogen (secondary N) is 1. The van der Waals surface area contributed by atoms with E-state index in [2.05, 4.69) is 27.8 Å². The molecular weight excluding hydrogens is 284 g/mol. The van der Waals surface area contributed by atoms with Crippen LogP contribution in [0.5, 0.6) is 5.75 Å². The van der Waals surface area contributed by atoms with E-state index in [4.69, 9.17) is 10.6 Å². The molecule has 0 saturated heterocycles. The minimum absolute atomic E-state index is 0.379. The third-order valence-electron chi connectivity index (χ3n) is 2.91. The molecule has 0 radical (unpaired) electrons. The van der Waals surface area contributed by atoms with E-state index < -0.39 is 0 Å². The van der Waals surface area contributed by atoms with E-state index in [1.54, 1.807) is 0 Å². The minimum Gasteiger partial charge on any atom is -0.486 e. The van der Waals surface area contributed by atoms with E-state index in [1.807, 2.05) is 42.5 Å². The maximum Gasteiger partial charge on any atom is 0.219 e. The Kier molecular flexibility index (Phi) is 4.09. The molecule has 0 amide bonds. The second-order valence-electron chi connectivity index (χ2n) is 4.32. The van der Waals surface area contributed by atoms with Crippen molar-refractivity contribution in [1.82, 2.24) is 10.2 Å². The predicted molar refractivity (Wildman–Crippen MR) is 83.9 cm³/mol. The molecule has 0 atom stereocenters. The minimum atomic E-state index is 0.379. The normalized spacial score (nSPS) is 10.3. The molecule has 0 bridgehead atoms. The standard InChI is InChI=1S/C15H14N4OS/c16-17-15-19-18-14(21-15)10-20-13-8-6-12(7-9-13)11-4-2-1-3-5-11/h1-9H,10,16H2,(H,17,19). The van der Waals surface area contributed by atoms with Crippen LogP contribution in [0.25, 0.3) is 11.1 Å². The molecule has 5 nitrogen and oxygen atoms in total. The third-order valence-corrected chi connectivity index (χ3v) is 3.74. The molecule has 0 saturated carbocycles. The van der Waals surface area contributed by atoms with Crippen molar-refractivity contribution in [2.75, 3.05) is 5.43 Å². The smallest absolute Gasteiger partial charge is 0.219 e. The van der Waals surface area contributed by atoms with Crippen molar-refractivity contribution in [3.05, 3.63) is 59.6 Å². The largest absolute Gasteiger partial charge is 0.486 e. The van der Waals surface area contributed by atoms with Crippen LogP contribution < -0.4 is 16.0 Å². The lowest BCUT2D eigenvalue weighted by Crippen LogP contribution is -2.05. The van der Waals surface area contributed by atoms with E-state index in [0.29, 0.717) is 11.7 Å². The summed E-state index contributed by atoms with van der Waals surface area (Å²) in [5, 5.41) is 9.17. The van der Waals surface area contributed by atoms with Gasteiger partial charge >= 0.3 is 0 Å². The zero-order valence-electron chi connectivity index (χ0n) is 11.2. The Hall–Kier alpha value is -2.44. The van der Waals surface area contributed by atoms with Crippen molar-refractivity contribution in [2.45, 2.75) is 6.61 Å². The Morgan fingerprint density at radius 1 is 0.952 bits per heavy atom. The molecule has 106 valence electrons. The average molecular weight is 298 g/mol. The monoisotopic (exact) mass is 298 g/mol. The Morgan fingerprint density at radius 2 is 1.67 bits per heavy atom. The van der Waals surface area contributed by atoms with Crippen LogP contribution in [0.4, 0.5) is 5.13 Å². The van der Waals surface area contributed by atoms with Gasteiger partial charge in [-0.15, -0.1) is 10.2 Å². The molecule has 1 heterocycles. The van der Waals surface area contributed by atoms with Gasteiger partial charge in [0.15, 0.2) is 5.01 Å². The molecule has 21 heavy (non-hydrogen) atoms. The molecule has 0 fully saturated rings. The Labute approximate surface area is 126 Å². The highest BCUT2D eigenvalue weighted by atomic mass is 32.1. The van der Waals surface area contributed by atoms with Crippen LogP contribution in [0.1, 0.15) is 5.01 Å². The van der Waals surface area contributed by atoms with Crippen LogP contribution in [-0.4, -0.2) is 10.2 Å². The summed E-state index contributed by atoms with van der Waals surface area (Å²) < 4.78 is 5.68. The number of aromatic nitrogens is 2. The molecule has 0 aliphatic rings. The third kappa shape index (κ3) is 3.36. The number of ether oxygens (including phenoxy) is 1. The van der Waals surface area contributed by atoms with Crippen LogP contribution >= 0.6 is 11.3 Å². The van der Waals surface area contributed by atoms with Crippen molar-refractivity contribution >= 4 is 16.5 Å². The summed E-state index contributed by atoms with van der Waals surface area (Å²) in [4.78, 5) is 0. The number of rotatable bonds is 5. The highest BCUT2D eigenvalue weighted by molar-refractivity contribution is 7.15. The van der Waals surface area contributed by atoms with E-state index in [1.165, 1.54) is 16.9 Å². The molecule has 0 aliphatic heterocycles. The topological polar surface area (TPSA) is 73.1 Å². The number of nitrogens with two attached hydrogens (primary N) is 1. The van der Waals surface area contributed by atoms with Gasteiger partial charge in [0.25, 0.3) is 0 Å². The van der Waals surface area contributed by atoms with E-state index in [0.717, 1.165) is 16.3 Å². The molecule has 1 aromatic heterocycles. The first-order valence-corrected chi connectivity index (χ1v) is 7.24. The summed E-state index contributed by atoms with van der Waals surface area (Å²) in [5.74, 6) is 6.06. The van der Waals surface area contributed by atoms with Gasteiger partial charge < -0.3 is 4.74 Å². The number of hydrogen-bond donors (Lipinski definition) is 2.